The van der Waals surface area contributed by atoms with Crippen molar-refractivity contribution in [3.05, 3.63) is 64.3 Å². The summed E-state index contributed by atoms with van der Waals surface area (Å²) in [6.07, 6.45) is 0. The van der Waals surface area contributed by atoms with Gasteiger partial charge in [0.25, 0.3) is 0 Å². The normalized spacial score (nSPS) is 17.3. The summed E-state index contributed by atoms with van der Waals surface area (Å²) in [5.74, 6) is 0. The van der Waals surface area contributed by atoms with Crippen LogP contribution in [0.4, 0.5) is 11.4 Å². The second-order valence-corrected chi connectivity index (χ2v) is 14.2. The molecule has 2 aromatic rings. The van der Waals surface area contributed by atoms with Crippen LogP contribution in [0.2, 0.25) is 19.6 Å². The molecular formula is C25H36N2OSi. The van der Waals surface area contributed by atoms with E-state index in [0.717, 1.165) is 13.2 Å². The predicted molar refractivity (Wildman–Crippen MR) is 127 cm³/mol. The summed E-state index contributed by atoms with van der Waals surface area (Å²) in [5, 5.41) is 0. The van der Waals surface area contributed by atoms with Crippen LogP contribution in [0, 0.1) is 48.2 Å². The Labute approximate surface area is 178 Å². The van der Waals surface area contributed by atoms with Gasteiger partial charge in [-0.3, -0.25) is 0 Å². The summed E-state index contributed by atoms with van der Waals surface area (Å²) in [6, 6.07) is 9.32. The molecule has 0 bridgehead atoms. The first kappa shape index (κ1) is 21.9. The van der Waals surface area contributed by atoms with Gasteiger partial charge in [0, 0.05) is 17.9 Å². The van der Waals surface area contributed by atoms with Crippen molar-refractivity contribution in [3.63, 3.8) is 0 Å². The maximum absolute atomic E-state index is 6.36. The van der Waals surface area contributed by atoms with Crippen molar-refractivity contribution >= 4 is 19.7 Å². The Morgan fingerprint density at radius 1 is 0.828 bits per heavy atom. The lowest BCUT2D eigenvalue weighted by molar-refractivity contribution is 0.289. The van der Waals surface area contributed by atoms with Gasteiger partial charge in [-0.25, -0.2) is 0 Å². The van der Waals surface area contributed by atoms with Crippen LogP contribution < -0.4 is 9.80 Å². The van der Waals surface area contributed by atoms with E-state index < -0.39 is 8.32 Å². The topological polar surface area (TPSA) is 15.7 Å². The Morgan fingerprint density at radius 2 is 1.28 bits per heavy atom. The Morgan fingerprint density at radius 3 is 1.72 bits per heavy atom. The molecule has 0 aromatic heterocycles. The summed E-state index contributed by atoms with van der Waals surface area (Å²) >= 11 is 0. The fourth-order valence-electron chi connectivity index (χ4n) is 4.54. The molecule has 156 valence electrons. The van der Waals surface area contributed by atoms with Crippen LogP contribution in [0.5, 0.6) is 0 Å². The number of rotatable bonds is 5. The molecule has 0 amide bonds. The van der Waals surface area contributed by atoms with E-state index in [9.17, 15) is 0 Å². The first-order valence-electron chi connectivity index (χ1n) is 10.6. The summed E-state index contributed by atoms with van der Waals surface area (Å²) in [5.41, 5.74) is 10.4. The van der Waals surface area contributed by atoms with Crippen LogP contribution in [0.3, 0.4) is 0 Å². The summed E-state index contributed by atoms with van der Waals surface area (Å²) in [7, 11) is -1.59. The molecule has 4 heteroatoms. The van der Waals surface area contributed by atoms with E-state index in [1.54, 1.807) is 0 Å². The van der Waals surface area contributed by atoms with Gasteiger partial charge in [0.1, 0.15) is 0 Å². The number of hydrogen-bond acceptors (Lipinski definition) is 3. The van der Waals surface area contributed by atoms with Gasteiger partial charge in [-0.15, -0.1) is 0 Å². The lowest BCUT2D eigenvalue weighted by atomic mass is 10.0. The molecule has 1 fully saturated rings. The minimum Gasteiger partial charge on any atom is -0.415 e. The SMILES string of the molecule is Cc1cc(C)c(N2[C]N(c3c(C)cc(C)cc3C)C(CO[Si](C)(C)C)C2)c(C)c1. The largest absolute Gasteiger partial charge is 0.415 e. The molecule has 0 aliphatic carbocycles. The smallest absolute Gasteiger partial charge is 0.209 e. The van der Waals surface area contributed by atoms with Gasteiger partial charge in [-0.1, -0.05) is 35.4 Å². The van der Waals surface area contributed by atoms with Gasteiger partial charge in [0.15, 0.2) is 8.32 Å². The van der Waals surface area contributed by atoms with Crippen LogP contribution in [0.25, 0.3) is 0 Å². The number of aryl methyl sites for hydroxylation is 6. The van der Waals surface area contributed by atoms with E-state index in [0.29, 0.717) is 0 Å². The highest BCUT2D eigenvalue weighted by Gasteiger charge is 2.36. The van der Waals surface area contributed by atoms with Crippen molar-refractivity contribution in [1.29, 1.82) is 0 Å². The highest BCUT2D eigenvalue weighted by Crippen LogP contribution is 2.37. The van der Waals surface area contributed by atoms with Gasteiger partial charge in [-0.2, -0.15) is 0 Å². The molecular weight excluding hydrogens is 372 g/mol. The van der Waals surface area contributed by atoms with E-state index in [-0.39, 0.29) is 6.04 Å². The van der Waals surface area contributed by atoms with E-state index in [4.69, 9.17) is 4.43 Å². The van der Waals surface area contributed by atoms with Gasteiger partial charge >= 0.3 is 0 Å². The van der Waals surface area contributed by atoms with Gasteiger partial charge in [0.2, 0.25) is 6.67 Å². The third-order valence-electron chi connectivity index (χ3n) is 5.48. The van der Waals surface area contributed by atoms with Gasteiger partial charge in [0.05, 0.1) is 12.6 Å². The summed E-state index contributed by atoms with van der Waals surface area (Å²) in [6.45, 7) is 25.3. The summed E-state index contributed by atoms with van der Waals surface area (Å²) < 4.78 is 6.36. The molecule has 1 saturated heterocycles. The standard InChI is InChI=1S/C25H36N2OSi/c1-17-10-19(3)24(20(4)11-17)26-14-23(15-28-29(7,8)9)27(16-26)25-21(5)12-18(2)13-22(25)6/h10-13,23H,14-15H2,1-9H3. The molecule has 3 rings (SSSR count). The first-order chi connectivity index (χ1) is 13.5. The maximum atomic E-state index is 6.36. The number of hydrogen-bond donors (Lipinski definition) is 0. The molecule has 0 saturated carbocycles. The third kappa shape index (κ3) is 4.87. The lowest BCUT2D eigenvalue weighted by Gasteiger charge is -2.29. The van der Waals surface area contributed by atoms with Gasteiger partial charge < -0.3 is 14.2 Å². The second kappa shape index (κ2) is 8.15. The Hall–Kier alpha value is -1.78. The average molecular weight is 409 g/mol. The first-order valence-corrected chi connectivity index (χ1v) is 14.0. The number of anilines is 2. The molecule has 1 heterocycles. The maximum Gasteiger partial charge on any atom is 0.209 e. The fraction of sp³-hybridized carbons (Fsp3) is 0.480. The third-order valence-corrected chi connectivity index (χ3v) is 6.51. The van der Waals surface area contributed by atoms with Crippen molar-refractivity contribution in [1.82, 2.24) is 0 Å². The van der Waals surface area contributed by atoms with Crippen molar-refractivity contribution in [3.8, 4) is 0 Å². The number of benzene rings is 2. The Balaban J connectivity index is 1.99. The predicted octanol–water partition coefficient (Wildman–Crippen LogP) is 6.08. The quantitative estimate of drug-likeness (QED) is 0.558. The molecule has 1 atom stereocenters. The highest BCUT2D eigenvalue weighted by molar-refractivity contribution is 6.69. The van der Waals surface area contributed by atoms with Crippen LogP contribution >= 0.6 is 0 Å². The second-order valence-electron chi connectivity index (χ2n) is 9.65. The van der Waals surface area contributed by atoms with E-state index in [1.165, 1.54) is 44.8 Å². The fourth-order valence-corrected chi connectivity index (χ4v) is 5.24. The molecule has 2 aromatic carbocycles. The van der Waals surface area contributed by atoms with Crippen LogP contribution in [-0.4, -0.2) is 27.5 Å². The molecule has 2 radical (unpaired) electrons. The molecule has 1 aliphatic rings. The number of nitrogens with zero attached hydrogens (tertiary/aromatic N) is 2. The zero-order valence-electron chi connectivity index (χ0n) is 19.6. The van der Waals surface area contributed by atoms with Crippen molar-refractivity contribution in [2.24, 2.45) is 0 Å². The van der Waals surface area contributed by atoms with Crippen LogP contribution in [-0.2, 0) is 4.43 Å². The van der Waals surface area contributed by atoms with Crippen molar-refractivity contribution in [2.45, 2.75) is 67.2 Å². The van der Waals surface area contributed by atoms with Crippen molar-refractivity contribution < 1.29 is 4.43 Å². The van der Waals surface area contributed by atoms with Crippen LogP contribution in [0.15, 0.2) is 24.3 Å². The van der Waals surface area contributed by atoms with E-state index in [1.807, 2.05) is 0 Å². The Bertz CT molecular complexity index is 854. The molecule has 1 aliphatic heterocycles. The lowest BCUT2D eigenvalue weighted by Crippen LogP contribution is -2.38. The Kier molecular flexibility index (Phi) is 6.16. The molecule has 29 heavy (non-hydrogen) atoms. The molecule has 0 N–H and O–H groups in total. The van der Waals surface area contributed by atoms with E-state index >= 15 is 0 Å². The average Bonchev–Trinajstić information content (AvgIpc) is 2.93. The highest BCUT2D eigenvalue weighted by atomic mass is 28.4. The van der Waals surface area contributed by atoms with Gasteiger partial charge in [-0.05, 0) is 83.4 Å². The molecule has 0 spiro atoms. The minimum absolute atomic E-state index is 0.252. The van der Waals surface area contributed by atoms with E-state index in [2.05, 4.69) is 102 Å². The molecule has 1 unspecified atom stereocenters. The molecule has 3 nitrogen and oxygen atoms in total. The monoisotopic (exact) mass is 408 g/mol. The zero-order chi connectivity index (χ0) is 21.5. The summed E-state index contributed by atoms with van der Waals surface area (Å²) in [4.78, 5) is 4.64. The van der Waals surface area contributed by atoms with Crippen LogP contribution in [0.1, 0.15) is 33.4 Å². The van der Waals surface area contributed by atoms with Crippen molar-refractivity contribution in [2.75, 3.05) is 23.0 Å². The zero-order valence-corrected chi connectivity index (χ0v) is 20.6. The minimum atomic E-state index is -1.59.